The van der Waals surface area contributed by atoms with E-state index in [4.69, 9.17) is 9.47 Å². The maximum Gasteiger partial charge on any atom is 0.408 e. The minimum absolute atomic E-state index is 0.297. The van der Waals surface area contributed by atoms with Gasteiger partial charge in [0.05, 0.1) is 13.2 Å². The normalized spacial score (nSPS) is 16.1. The van der Waals surface area contributed by atoms with Crippen molar-refractivity contribution < 1.29 is 19.1 Å². The lowest BCUT2D eigenvalue weighted by molar-refractivity contribution is -0.151. The lowest BCUT2D eigenvalue weighted by Gasteiger charge is -2.27. The van der Waals surface area contributed by atoms with E-state index >= 15 is 0 Å². The van der Waals surface area contributed by atoms with E-state index in [2.05, 4.69) is 12.2 Å². The molecule has 5 nitrogen and oxygen atoms in total. The van der Waals surface area contributed by atoms with Crippen LogP contribution in [0.4, 0.5) is 4.79 Å². The van der Waals surface area contributed by atoms with Crippen LogP contribution in [0.1, 0.15) is 84.5 Å². The zero-order chi connectivity index (χ0) is 17.0. The Hall–Kier alpha value is -1.26. The van der Waals surface area contributed by atoms with E-state index in [9.17, 15) is 9.59 Å². The van der Waals surface area contributed by atoms with E-state index in [1.807, 2.05) is 0 Å². The fraction of sp³-hybridized carbons (Fsp3) is 0.889. The molecule has 134 valence electrons. The van der Waals surface area contributed by atoms with Gasteiger partial charge in [-0.2, -0.15) is 0 Å². The third-order valence-electron chi connectivity index (χ3n) is 4.45. The van der Waals surface area contributed by atoms with Crippen molar-refractivity contribution in [3.8, 4) is 0 Å². The van der Waals surface area contributed by atoms with Crippen molar-refractivity contribution >= 4 is 12.1 Å². The number of esters is 1. The summed E-state index contributed by atoms with van der Waals surface area (Å²) in [6, 6.07) is 0. The Kier molecular flexibility index (Phi) is 9.72. The molecule has 0 aromatic heterocycles. The fourth-order valence-corrected chi connectivity index (χ4v) is 3.08. The van der Waals surface area contributed by atoms with Crippen LogP contribution in [0.2, 0.25) is 0 Å². The highest BCUT2D eigenvalue weighted by Crippen LogP contribution is 2.31. The van der Waals surface area contributed by atoms with Crippen LogP contribution in [0.25, 0.3) is 0 Å². The van der Waals surface area contributed by atoms with Crippen LogP contribution in [0.5, 0.6) is 0 Å². The lowest BCUT2D eigenvalue weighted by Crippen LogP contribution is -2.53. The second kappa shape index (κ2) is 11.3. The second-order valence-electron chi connectivity index (χ2n) is 6.39. The minimum Gasteiger partial charge on any atom is -0.464 e. The molecule has 0 heterocycles. The molecule has 0 unspecified atom stereocenters. The van der Waals surface area contributed by atoms with Crippen molar-refractivity contribution in [3.63, 3.8) is 0 Å². The number of carbonyl (C=O) groups is 2. The van der Waals surface area contributed by atoms with Crippen LogP contribution in [0.15, 0.2) is 0 Å². The van der Waals surface area contributed by atoms with Gasteiger partial charge in [0.1, 0.15) is 5.54 Å². The van der Waals surface area contributed by atoms with Crippen LogP contribution < -0.4 is 5.32 Å². The van der Waals surface area contributed by atoms with E-state index in [1.54, 1.807) is 6.92 Å². The zero-order valence-corrected chi connectivity index (χ0v) is 14.8. The van der Waals surface area contributed by atoms with E-state index in [-0.39, 0.29) is 5.97 Å². The summed E-state index contributed by atoms with van der Waals surface area (Å²) in [4.78, 5) is 24.1. The molecular formula is C18H33NO4. The Bertz CT molecular complexity index is 351. The quantitative estimate of drug-likeness (QED) is 0.453. The molecule has 0 atom stereocenters. The summed E-state index contributed by atoms with van der Waals surface area (Å²) < 4.78 is 10.3. The first-order chi connectivity index (χ1) is 11.1. The molecule has 0 bridgehead atoms. The molecule has 0 spiro atoms. The van der Waals surface area contributed by atoms with Crippen LogP contribution >= 0.6 is 0 Å². The van der Waals surface area contributed by atoms with Crippen LogP contribution in [-0.2, 0) is 14.3 Å². The van der Waals surface area contributed by atoms with Gasteiger partial charge in [-0.3, -0.25) is 0 Å². The topological polar surface area (TPSA) is 64.6 Å². The summed E-state index contributed by atoms with van der Waals surface area (Å²) in [6.45, 7) is 4.70. The third kappa shape index (κ3) is 7.23. The molecule has 5 heteroatoms. The van der Waals surface area contributed by atoms with E-state index < -0.39 is 11.6 Å². The summed E-state index contributed by atoms with van der Waals surface area (Å²) in [5, 5.41) is 2.73. The smallest absolute Gasteiger partial charge is 0.408 e. The zero-order valence-electron chi connectivity index (χ0n) is 14.8. The Morgan fingerprint density at radius 1 is 0.913 bits per heavy atom. The maximum atomic E-state index is 12.4. The number of hydrogen-bond donors (Lipinski definition) is 1. The molecule has 1 aliphatic rings. The van der Waals surface area contributed by atoms with Crippen molar-refractivity contribution in [2.24, 2.45) is 0 Å². The molecule has 1 aliphatic carbocycles. The largest absolute Gasteiger partial charge is 0.464 e. The van der Waals surface area contributed by atoms with Gasteiger partial charge in [0.25, 0.3) is 0 Å². The van der Waals surface area contributed by atoms with Crippen LogP contribution in [-0.4, -0.2) is 30.8 Å². The number of unbranched alkanes of at least 4 members (excludes halogenated alkanes) is 6. The molecule has 1 N–H and O–H groups in total. The average Bonchev–Trinajstić information content (AvgIpc) is 2.99. The number of ether oxygens (including phenoxy) is 2. The van der Waals surface area contributed by atoms with Gasteiger partial charge in [0.2, 0.25) is 0 Å². The first-order valence-electron chi connectivity index (χ1n) is 9.27. The number of alkyl carbamates (subject to hydrolysis) is 1. The Morgan fingerprint density at radius 2 is 1.52 bits per heavy atom. The van der Waals surface area contributed by atoms with Gasteiger partial charge in [-0.05, 0) is 26.2 Å². The molecule has 0 saturated heterocycles. The van der Waals surface area contributed by atoms with Gasteiger partial charge in [0, 0.05) is 0 Å². The Balaban J connectivity index is 2.25. The molecule has 1 rings (SSSR count). The number of rotatable bonds is 11. The first kappa shape index (κ1) is 19.8. The van der Waals surface area contributed by atoms with Gasteiger partial charge in [0.15, 0.2) is 0 Å². The standard InChI is InChI=1S/C18H33NO4/c1-3-5-6-7-8-9-12-15-23-16(20)18(13-10-11-14-18)19-17(21)22-4-2/h3-15H2,1-2H3,(H,19,21). The summed E-state index contributed by atoms with van der Waals surface area (Å²) >= 11 is 0. The predicted octanol–water partition coefficient (Wildman–Crippen LogP) is 4.34. The molecule has 0 aliphatic heterocycles. The lowest BCUT2D eigenvalue weighted by atomic mass is 9.98. The highest BCUT2D eigenvalue weighted by Gasteiger charge is 2.44. The highest BCUT2D eigenvalue weighted by molar-refractivity contribution is 5.86. The third-order valence-corrected chi connectivity index (χ3v) is 4.45. The SMILES string of the molecule is CCCCCCCCCOC(=O)C1(NC(=O)OCC)CCCC1. The van der Waals surface area contributed by atoms with Gasteiger partial charge < -0.3 is 14.8 Å². The summed E-state index contributed by atoms with van der Waals surface area (Å²) in [5.74, 6) is -0.297. The molecule has 0 radical (unpaired) electrons. The van der Waals surface area contributed by atoms with Gasteiger partial charge in [-0.15, -0.1) is 0 Å². The Labute approximate surface area is 140 Å². The van der Waals surface area contributed by atoms with Crippen molar-refractivity contribution in [3.05, 3.63) is 0 Å². The van der Waals surface area contributed by atoms with Gasteiger partial charge in [-0.1, -0.05) is 58.3 Å². The molecule has 1 amide bonds. The monoisotopic (exact) mass is 327 g/mol. The summed E-state index contributed by atoms with van der Waals surface area (Å²) in [7, 11) is 0. The molecule has 1 saturated carbocycles. The van der Waals surface area contributed by atoms with E-state index in [0.717, 1.165) is 25.7 Å². The number of carbonyl (C=O) groups excluding carboxylic acids is 2. The Morgan fingerprint density at radius 3 is 2.13 bits per heavy atom. The molecule has 0 aromatic carbocycles. The fourth-order valence-electron chi connectivity index (χ4n) is 3.08. The van der Waals surface area contributed by atoms with E-state index in [1.165, 1.54) is 32.1 Å². The second-order valence-corrected chi connectivity index (χ2v) is 6.39. The summed E-state index contributed by atoms with van der Waals surface area (Å²) in [5.41, 5.74) is -0.868. The molecule has 1 fully saturated rings. The van der Waals surface area contributed by atoms with Gasteiger partial charge in [-0.25, -0.2) is 9.59 Å². The average molecular weight is 327 g/mol. The number of hydrogen-bond acceptors (Lipinski definition) is 4. The maximum absolute atomic E-state index is 12.4. The molecule has 0 aromatic rings. The summed E-state index contributed by atoms with van der Waals surface area (Å²) in [6.07, 6.45) is 10.9. The predicted molar refractivity (Wildman–Crippen MR) is 90.3 cm³/mol. The molecule has 23 heavy (non-hydrogen) atoms. The minimum atomic E-state index is -0.868. The van der Waals surface area contributed by atoms with Gasteiger partial charge >= 0.3 is 12.1 Å². The van der Waals surface area contributed by atoms with Crippen molar-refractivity contribution in [2.45, 2.75) is 90.0 Å². The first-order valence-corrected chi connectivity index (χ1v) is 9.27. The van der Waals surface area contributed by atoms with Crippen molar-refractivity contribution in [2.75, 3.05) is 13.2 Å². The van der Waals surface area contributed by atoms with Crippen molar-refractivity contribution in [1.82, 2.24) is 5.32 Å². The molecular weight excluding hydrogens is 294 g/mol. The van der Waals surface area contributed by atoms with Crippen molar-refractivity contribution in [1.29, 1.82) is 0 Å². The van der Waals surface area contributed by atoms with Crippen LogP contribution in [0, 0.1) is 0 Å². The van der Waals surface area contributed by atoms with E-state index in [0.29, 0.717) is 26.1 Å². The highest BCUT2D eigenvalue weighted by atomic mass is 16.6. The number of amides is 1. The number of nitrogens with one attached hydrogen (secondary N) is 1. The van der Waals surface area contributed by atoms with Crippen LogP contribution in [0.3, 0.4) is 0 Å².